The fourth-order valence-corrected chi connectivity index (χ4v) is 2.36. The number of benzene rings is 1. The molecule has 0 spiro atoms. The number of hydrogen-bond acceptors (Lipinski definition) is 5. The van der Waals surface area contributed by atoms with Crippen molar-refractivity contribution in [3.63, 3.8) is 0 Å². The summed E-state index contributed by atoms with van der Waals surface area (Å²) in [5.41, 5.74) is 1.74. The molecule has 0 radical (unpaired) electrons. The summed E-state index contributed by atoms with van der Waals surface area (Å²) in [7, 11) is 0. The van der Waals surface area contributed by atoms with E-state index in [9.17, 15) is 4.79 Å². The summed E-state index contributed by atoms with van der Waals surface area (Å²) in [6.45, 7) is 0.539. The Labute approximate surface area is 154 Å². The molecule has 3 rings (SSSR count). The van der Waals surface area contributed by atoms with Gasteiger partial charge in [-0.2, -0.15) is 0 Å². The number of pyridine rings is 1. The molecule has 0 aliphatic carbocycles. The van der Waals surface area contributed by atoms with Crippen LogP contribution in [-0.2, 0) is 6.54 Å². The lowest BCUT2D eigenvalue weighted by molar-refractivity contribution is 0.102. The molecule has 0 bridgehead atoms. The van der Waals surface area contributed by atoms with Gasteiger partial charge in [-0.05, 0) is 23.8 Å². The van der Waals surface area contributed by atoms with Gasteiger partial charge >= 0.3 is 0 Å². The minimum atomic E-state index is -0.372. The van der Waals surface area contributed by atoms with Crippen molar-refractivity contribution in [2.75, 3.05) is 10.6 Å². The maximum atomic E-state index is 12.2. The van der Waals surface area contributed by atoms with E-state index < -0.39 is 0 Å². The molecule has 6 nitrogen and oxygen atoms in total. The molecule has 0 fully saturated rings. The average Bonchev–Trinajstić information content (AvgIpc) is 2.65. The fraction of sp³-hybridized carbons (Fsp3) is 0.0588. The summed E-state index contributed by atoms with van der Waals surface area (Å²) < 4.78 is 0. The number of rotatable bonds is 5. The highest BCUT2D eigenvalue weighted by Crippen LogP contribution is 2.29. The highest BCUT2D eigenvalue weighted by Gasteiger charge is 2.11. The first-order chi connectivity index (χ1) is 12.1. The second-order valence-electron chi connectivity index (χ2n) is 5.07. The Morgan fingerprint density at radius 3 is 2.56 bits per heavy atom. The Balaban J connectivity index is 1.63. The molecule has 0 atom stereocenters. The van der Waals surface area contributed by atoms with Crippen molar-refractivity contribution in [2.24, 2.45) is 0 Å². The number of carbonyl (C=O) groups is 1. The van der Waals surface area contributed by atoms with Crippen LogP contribution in [0.3, 0.4) is 0 Å². The van der Waals surface area contributed by atoms with Crippen molar-refractivity contribution in [1.29, 1.82) is 0 Å². The van der Waals surface area contributed by atoms with Crippen LogP contribution in [0.15, 0.2) is 55.1 Å². The van der Waals surface area contributed by atoms with Crippen LogP contribution in [0, 0.1) is 0 Å². The van der Waals surface area contributed by atoms with Crippen LogP contribution in [-0.4, -0.2) is 20.9 Å². The molecule has 1 aromatic carbocycles. The third-order valence-corrected chi connectivity index (χ3v) is 4.11. The normalized spacial score (nSPS) is 10.3. The van der Waals surface area contributed by atoms with E-state index in [1.54, 1.807) is 30.6 Å². The predicted octanol–water partition coefficient (Wildman–Crippen LogP) is 4.04. The maximum Gasteiger partial charge on any atom is 0.258 e. The van der Waals surface area contributed by atoms with E-state index in [0.717, 1.165) is 5.56 Å². The third-order valence-electron chi connectivity index (χ3n) is 3.29. The molecule has 2 heterocycles. The van der Waals surface area contributed by atoms with Gasteiger partial charge in [0.25, 0.3) is 5.91 Å². The highest BCUT2D eigenvalue weighted by atomic mass is 35.5. The quantitative estimate of drug-likeness (QED) is 0.705. The largest absolute Gasteiger partial charge is 0.350 e. The van der Waals surface area contributed by atoms with E-state index >= 15 is 0 Å². The van der Waals surface area contributed by atoms with E-state index in [-0.39, 0.29) is 10.9 Å². The van der Waals surface area contributed by atoms with Gasteiger partial charge < -0.3 is 10.6 Å². The SMILES string of the molecule is O=C(Nc1cccc(Cl)c1Cl)c1cnc(NCc2cccnc2)nc1. The number of carbonyl (C=O) groups excluding carboxylic acids is 1. The van der Waals surface area contributed by atoms with Crippen molar-refractivity contribution >= 4 is 40.7 Å². The number of nitrogens with zero attached hydrogens (tertiary/aromatic N) is 3. The molecular weight excluding hydrogens is 361 g/mol. The van der Waals surface area contributed by atoms with Gasteiger partial charge in [-0.1, -0.05) is 35.3 Å². The Morgan fingerprint density at radius 1 is 1.04 bits per heavy atom. The van der Waals surface area contributed by atoms with Crippen molar-refractivity contribution in [3.05, 3.63) is 76.3 Å². The summed E-state index contributed by atoms with van der Waals surface area (Å²) in [5.74, 6) is 0.0455. The molecule has 0 saturated heterocycles. The predicted molar refractivity (Wildman–Crippen MR) is 98.0 cm³/mol. The molecule has 126 valence electrons. The number of nitrogens with one attached hydrogen (secondary N) is 2. The lowest BCUT2D eigenvalue weighted by Gasteiger charge is -2.08. The summed E-state index contributed by atoms with van der Waals surface area (Å²) in [5, 5.41) is 6.39. The molecular formula is C17H13Cl2N5O. The van der Waals surface area contributed by atoms with Gasteiger partial charge in [0.15, 0.2) is 0 Å². The standard InChI is InChI=1S/C17H13Cl2N5O/c18-13-4-1-5-14(15(13)19)24-16(25)12-9-22-17(23-10-12)21-8-11-3-2-6-20-7-11/h1-7,9-10H,8H2,(H,24,25)(H,21,22,23). The molecule has 0 aliphatic heterocycles. The number of halogens is 2. The molecule has 0 unspecified atom stereocenters. The maximum absolute atomic E-state index is 12.2. The summed E-state index contributed by atoms with van der Waals surface area (Å²) in [4.78, 5) is 24.5. The zero-order valence-corrected chi connectivity index (χ0v) is 14.4. The van der Waals surface area contributed by atoms with Crippen LogP contribution in [0.5, 0.6) is 0 Å². The molecule has 0 aliphatic rings. The minimum absolute atomic E-state index is 0.285. The van der Waals surface area contributed by atoms with Crippen molar-refractivity contribution in [1.82, 2.24) is 15.0 Å². The van der Waals surface area contributed by atoms with Crippen molar-refractivity contribution in [2.45, 2.75) is 6.54 Å². The van der Waals surface area contributed by atoms with Gasteiger partial charge in [-0.15, -0.1) is 0 Å². The molecule has 1 amide bonds. The lowest BCUT2D eigenvalue weighted by atomic mass is 10.2. The van der Waals surface area contributed by atoms with Crippen LogP contribution >= 0.6 is 23.2 Å². The molecule has 2 N–H and O–H groups in total. The number of amides is 1. The van der Waals surface area contributed by atoms with Gasteiger partial charge in [0.1, 0.15) is 0 Å². The van der Waals surface area contributed by atoms with Crippen LogP contribution < -0.4 is 10.6 Å². The van der Waals surface area contributed by atoms with Crippen LogP contribution in [0.2, 0.25) is 10.0 Å². The molecule has 8 heteroatoms. The third kappa shape index (κ3) is 4.43. The van der Waals surface area contributed by atoms with E-state index in [1.807, 2.05) is 12.1 Å². The zero-order chi connectivity index (χ0) is 17.6. The van der Waals surface area contributed by atoms with Gasteiger partial charge in [-0.3, -0.25) is 9.78 Å². The second-order valence-corrected chi connectivity index (χ2v) is 5.85. The minimum Gasteiger partial charge on any atom is -0.350 e. The van der Waals surface area contributed by atoms with Crippen molar-refractivity contribution in [3.8, 4) is 0 Å². The molecule has 2 aromatic heterocycles. The monoisotopic (exact) mass is 373 g/mol. The van der Waals surface area contributed by atoms with Crippen LogP contribution in [0.1, 0.15) is 15.9 Å². The van der Waals surface area contributed by atoms with E-state index in [2.05, 4.69) is 25.6 Å². The smallest absolute Gasteiger partial charge is 0.258 e. The second kappa shape index (κ2) is 7.92. The van der Waals surface area contributed by atoms with Gasteiger partial charge in [0, 0.05) is 31.3 Å². The Bertz CT molecular complexity index is 872. The van der Waals surface area contributed by atoms with Crippen LogP contribution in [0.4, 0.5) is 11.6 Å². The first-order valence-electron chi connectivity index (χ1n) is 7.33. The number of hydrogen-bond donors (Lipinski definition) is 2. The van der Waals surface area contributed by atoms with Crippen molar-refractivity contribution < 1.29 is 4.79 Å². The van der Waals surface area contributed by atoms with Gasteiger partial charge in [-0.25, -0.2) is 9.97 Å². The number of aromatic nitrogens is 3. The Kier molecular flexibility index (Phi) is 5.42. The zero-order valence-electron chi connectivity index (χ0n) is 12.9. The molecule has 0 saturated carbocycles. The lowest BCUT2D eigenvalue weighted by Crippen LogP contribution is -2.14. The van der Waals surface area contributed by atoms with Crippen LogP contribution in [0.25, 0.3) is 0 Å². The first-order valence-corrected chi connectivity index (χ1v) is 8.09. The molecule has 3 aromatic rings. The summed E-state index contributed by atoms with van der Waals surface area (Å²) in [6.07, 6.45) is 6.34. The van der Waals surface area contributed by atoms with E-state index in [1.165, 1.54) is 12.4 Å². The average molecular weight is 374 g/mol. The number of anilines is 2. The molecule has 25 heavy (non-hydrogen) atoms. The summed E-state index contributed by atoms with van der Waals surface area (Å²) in [6, 6.07) is 8.80. The van der Waals surface area contributed by atoms with E-state index in [0.29, 0.717) is 28.8 Å². The van der Waals surface area contributed by atoms with Gasteiger partial charge in [0.2, 0.25) is 5.95 Å². The highest BCUT2D eigenvalue weighted by molar-refractivity contribution is 6.44. The summed E-state index contributed by atoms with van der Waals surface area (Å²) >= 11 is 12.0. The Hall–Kier alpha value is -2.70. The topological polar surface area (TPSA) is 79.8 Å². The fourth-order valence-electron chi connectivity index (χ4n) is 2.02. The van der Waals surface area contributed by atoms with E-state index in [4.69, 9.17) is 23.2 Å². The Morgan fingerprint density at radius 2 is 1.84 bits per heavy atom. The van der Waals surface area contributed by atoms with Gasteiger partial charge in [0.05, 0.1) is 21.3 Å². The first kappa shape index (κ1) is 17.1.